The van der Waals surface area contributed by atoms with Gasteiger partial charge < -0.3 is 5.11 Å². The molecule has 0 radical (unpaired) electrons. The third kappa shape index (κ3) is 1.27. The number of hydrogen-bond acceptors (Lipinski definition) is 2. The van der Waals surface area contributed by atoms with E-state index >= 15 is 0 Å². The zero-order chi connectivity index (χ0) is 8.48. The molecule has 62 valence electrons. The monoisotopic (exact) mass is 156 g/mol. The molecule has 0 saturated heterocycles. The normalized spacial score (nSPS) is 30.8. The zero-order valence-electron chi connectivity index (χ0n) is 6.59. The molecule has 0 aliphatic heterocycles. The van der Waals surface area contributed by atoms with Crippen LogP contribution in [-0.2, 0) is 9.59 Å². The molecule has 1 fully saturated rings. The Bertz CT molecular complexity index is 198. The fourth-order valence-corrected chi connectivity index (χ4v) is 1.57. The Balaban J connectivity index is 2.78. The van der Waals surface area contributed by atoms with Crippen LogP contribution in [0.25, 0.3) is 0 Å². The van der Waals surface area contributed by atoms with Crippen LogP contribution < -0.4 is 0 Å². The second kappa shape index (κ2) is 2.64. The van der Waals surface area contributed by atoms with E-state index in [4.69, 9.17) is 5.11 Å². The van der Waals surface area contributed by atoms with Crippen LogP contribution in [0.5, 0.6) is 0 Å². The Kier molecular flexibility index (Phi) is 1.98. The predicted octanol–water partition coefficient (Wildman–Crippen LogP) is 1.22. The molecular weight excluding hydrogens is 144 g/mol. The number of hydrogen-bond donors (Lipinski definition) is 1. The predicted molar refractivity (Wildman–Crippen MR) is 39.2 cm³/mol. The van der Waals surface area contributed by atoms with Crippen LogP contribution in [0, 0.1) is 5.41 Å². The van der Waals surface area contributed by atoms with Gasteiger partial charge in [-0.15, -0.1) is 0 Å². The number of Topliss-reactive ketones (excluding diaryl/α,β-unsaturated/α-hetero) is 1. The number of ketones is 1. The van der Waals surface area contributed by atoms with E-state index in [1.54, 1.807) is 0 Å². The number of carboxylic acids is 1. The van der Waals surface area contributed by atoms with Gasteiger partial charge in [-0.25, -0.2) is 0 Å². The summed E-state index contributed by atoms with van der Waals surface area (Å²) in [5.74, 6) is -0.722. The van der Waals surface area contributed by atoms with Crippen LogP contribution >= 0.6 is 0 Å². The van der Waals surface area contributed by atoms with Crippen LogP contribution in [0.1, 0.15) is 32.6 Å². The third-order valence-electron chi connectivity index (χ3n) is 2.55. The summed E-state index contributed by atoms with van der Waals surface area (Å²) in [5, 5.41) is 8.83. The van der Waals surface area contributed by atoms with Gasteiger partial charge >= 0.3 is 5.97 Å². The minimum Gasteiger partial charge on any atom is -0.481 e. The van der Waals surface area contributed by atoms with Crippen molar-refractivity contribution in [2.45, 2.75) is 32.6 Å². The average Bonchev–Trinajstić information content (AvgIpc) is 2.33. The van der Waals surface area contributed by atoms with Crippen LogP contribution in [-0.4, -0.2) is 16.9 Å². The minimum atomic E-state index is -0.814. The van der Waals surface area contributed by atoms with E-state index in [1.165, 1.54) is 0 Å². The van der Waals surface area contributed by atoms with E-state index in [2.05, 4.69) is 0 Å². The van der Waals surface area contributed by atoms with Gasteiger partial charge in [-0.05, 0) is 12.8 Å². The molecule has 0 unspecified atom stereocenters. The number of carbonyl (C=O) groups is 2. The summed E-state index contributed by atoms with van der Waals surface area (Å²) in [6.07, 6.45) is 1.77. The van der Waals surface area contributed by atoms with Gasteiger partial charge in [0, 0.05) is 12.8 Å². The molecule has 1 aliphatic carbocycles. The lowest BCUT2D eigenvalue weighted by molar-refractivity contribution is -0.149. The molecule has 0 aromatic heterocycles. The standard InChI is InChI=1S/C8H12O3/c1-2-8(7(10)11)4-3-6(9)5-8/h2-5H2,1H3,(H,10,11)/t8-/m1/s1. The van der Waals surface area contributed by atoms with E-state index in [1.807, 2.05) is 6.92 Å². The van der Waals surface area contributed by atoms with Crippen molar-refractivity contribution in [2.24, 2.45) is 5.41 Å². The summed E-state index contributed by atoms with van der Waals surface area (Å²) >= 11 is 0. The van der Waals surface area contributed by atoms with Gasteiger partial charge in [-0.1, -0.05) is 6.92 Å². The first-order valence-corrected chi connectivity index (χ1v) is 3.86. The molecule has 11 heavy (non-hydrogen) atoms. The third-order valence-corrected chi connectivity index (χ3v) is 2.55. The Hall–Kier alpha value is -0.860. The topological polar surface area (TPSA) is 54.4 Å². The second-order valence-corrected chi connectivity index (χ2v) is 3.15. The highest BCUT2D eigenvalue weighted by Gasteiger charge is 2.43. The Morgan fingerprint density at radius 1 is 1.73 bits per heavy atom. The van der Waals surface area contributed by atoms with E-state index in [0.29, 0.717) is 19.3 Å². The summed E-state index contributed by atoms with van der Waals surface area (Å²) in [4.78, 5) is 21.6. The molecule has 3 nitrogen and oxygen atoms in total. The molecule has 0 aromatic rings. The molecule has 1 aliphatic rings. The van der Waals surface area contributed by atoms with Gasteiger partial charge in [-0.3, -0.25) is 9.59 Å². The van der Waals surface area contributed by atoms with E-state index in [-0.39, 0.29) is 12.2 Å². The molecule has 0 bridgehead atoms. The second-order valence-electron chi connectivity index (χ2n) is 3.15. The maximum absolute atomic E-state index is 10.9. The first kappa shape index (κ1) is 8.24. The molecule has 0 spiro atoms. The fraction of sp³-hybridized carbons (Fsp3) is 0.750. The SMILES string of the molecule is CC[C@@]1(C(=O)O)CCC(=O)C1. The molecule has 1 atom stereocenters. The van der Waals surface area contributed by atoms with E-state index in [0.717, 1.165) is 0 Å². The van der Waals surface area contributed by atoms with Crippen molar-refractivity contribution in [3.05, 3.63) is 0 Å². The van der Waals surface area contributed by atoms with Crippen molar-refractivity contribution in [3.63, 3.8) is 0 Å². The van der Waals surface area contributed by atoms with Crippen LogP contribution in [0.15, 0.2) is 0 Å². The van der Waals surface area contributed by atoms with Gasteiger partial charge in [0.15, 0.2) is 0 Å². The lowest BCUT2D eigenvalue weighted by Crippen LogP contribution is -2.27. The molecule has 1 N–H and O–H groups in total. The Labute approximate surface area is 65.4 Å². The molecule has 1 rings (SSSR count). The van der Waals surface area contributed by atoms with E-state index in [9.17, 15) is 9.59 Å². The molecular formula is C8H12O3. The fourth-order valence-electron chi connectivity index (χ4n) is 1.57. The lowest BCUT2D eigenvalue weighted by Gasteiger charge is -2.19. The first-order valence-electron chi connectivity index (χ1n) is 3.86. The highest BCUT2D eigenvalue weighted by Crippen LogP contribution is 2.38. The molecule has 0 aromatic carbocycles. The number of aliphatic carboxylic acids is 1. The maximum atomic E-state index is 10.9. The largest absolute Gasteiger partial charge is 0.481 e. The summed E-state index contributed by atoms with van der Waals surface area (Å²) in [7, 11) is 0. The van der Waals surface area contributed by atoms with Crippen molar-refractivity contribution in [2.75, 3.05) is 0 Å². The highest BCUT2D eigenvalue weighted by atomic mass is 16.4. The zero-order valence-corrected chi connectivity index (χ0v) is 6.59. The molecule has 0 amide bonds. The Morgan fingerprint density at radius 3 is 2.55 bits per heavy atom. The van der Waals surface area contributed by atoms with Gasteiger partial charge in [0.05, 0.1) is 5.41 Å². The average molecular weight is 156 g/mol. The number of carboxylic acid groups (broad SMARTS) is 1. The maximum Gasteiger partial charge on any atom is 0.310 e. The van der Waals surface area contributed by atoms with Crippen LogP contribution in [0.3, 0.4) is 0 Å². The lowest BCUT2D eigenvalue weighted by atomic mass is 9.84. The first-order chi connectivity index (χ1) is 5.10. The van der Waals surface area contributed by atoms with Gasteiger partial charge in [0.1, 0.15) is 5.78 Å². The molecule has 1 saturated carbocycles. The van der Waals surface area contributed by atoms with Gasteiger partial charge in [-0.2, -0.15) is 0 Å². The number of carbonyl (C=O) groups excluding carboxylic acids is 1. The molecule has 0 heterocycles. The summed E-state index contributed by atoms with van der Waals surface area (Å²) < 4.78 is 0. The molecule has 3 heteroatoms. The van der Waals surface area contributed by atoms with Crippen LogP contribution in [0.4, 0.5) is 0 Å². The van der Waals surface area contributed by atoms with Gasteiger partial charge in [0.25, 0.3) is 0 Å². The quantitative estimate of drug-likeness (QED) is 0.654. The van der Waals surface area contributed by atoms with Crippen LogP contribution in [0.2, 0.25) is 0 Å². The highest BCUT2D eigenvalue weighted by molar-refractivity contribution is 5.89. The van der Waals surface area contributed by atoms with E-state index < -0.39 is 11.4 Å². The number of rotatable bonds is 2. The van der Waals surface area contributed by atoms with Gasteiger partial charge in [0.2, 0.25) is 0 Å². The van der Waals surface area contributed by atoms with Crippen molar-refractivity contribution in [3.8, 4) is 0 Å². The Morgan fingerprint density at radius 2 is 2.36 bits per heavy atom. The summed E-state index contributed by atoms with van der Waals surface area (Å²) in [6, 6.07) is 0. The van der Waals surface area contributed by atoms with Crippen molar-refractivity contribution < 1.29 is 14.7 Å². The summed E-state index contributed by atoms with van der Waals surface area (Å²) in [5.41, 5.74) is -0.725. The van der Waals surface area contributed by atoms with Crippen molar-refractivity contribution >= 4 is 11.8 Å². The van der Waals surface area contributed by atoms with Crippen molar-refractivity contribution in [1.82, 2.24) is 0 Å². The smallest absolute Gasteiger partial charge is 0.310 e. The minimum absolute atomic E-state index is 0.0919. The summed E-state index contributed by atoms with van der Waals surface area (Å²) in [6.45, 7) is 1.83. The van der Waals surface area contributed by atoms with Crippen molar-refractivity contribution in [1.29, 1.82) is 0 Å².